The van der Waals surface area contributed by atoms with Gasteiger partial charge in [-0.15, -0.1) is 0 Å². The quantitative estimate of drug-likeness (QED) is 0.668. The molecule has 1 aromatic heterocycles. The molecular formula is C23H27N5O4S. The van der Waals surface area contributed by atoms with Gasteiger partial charge in [-0.25, -0.2) is 9.78 Å². The normalized spacial score (nSPS) is 18.0. The zero-order valence-corrected chi connectivity index (χ0v) is 19.1. The molecular weight excluding hydrogens is 442 g/mol. The van der Waals surface area contributed by atoms with Crippen LogP contribution in [0.1, 0.15) is 46.5 Å². The fourth-order valence-electron chi connectivity index (χ4n) is 4.16. The van der Waals surface area contributed by atoms with Crippen LogP contribution in [0.5, 0.6) is 5.19 Å². The average molecular weight is 470 g/mol. The molecule has 0 bridgehead atoms. The highest BCUT2D eigenvalue weighted by atomic mass is 32.1. The topological polar surface area (TPSA) is 119 Å². The molecule has 0 spiro atoms. The summed E-state index contributed by atoms with van der Waals surface area (Å²) in [5.41, 5.74) is 1.85. The van der Waals surface area contributed by atoms with Gasteiger partial charge in [0.1, 0.15) is 11.0 Å². The zero-order chi connectivity index (χ0) is 23.2. The third-order valence-corrected chi connectivity index (χ3v) is 6.99. The van der Waals surface area contributed by atoms with Crippen LogP contribution in [0.3, 0.4) is 0 Å². The van der Waals surface area contributed by atoms with E-state index in [-0.39, 0.29) is 18.1 Å². The summed E-state index contributed by atoms with van der Waals surface area (Å²) in [5.74, 6) is -0.131. The third-order valence-electron chi connectivity index (χ3n) is 6.10. The van der Waals surface area contributed by atoms with E-state index in [0.717, 1.165) is 32.5 Å². The SMILES string of the molecule is N#Cc1ccc(CN2CCC(NC(=O)c3cnc(OC4CCN(C(=O)O)CC4)s3)CC2)cc1. The summed E-state index contributed by atoms with van der Waals surface area (Å²) in [6, 6.07) is 9.93. The maximum Gasteiger partial charge on any atom is 0.407 e. The Kier molecular flexibility index (Phi) is 7.42. The van der Waals surface area contributed by atoms with E-state index < -0.39 is 6.09 Å². The first-order valence-electron chi connectivity index (χ1n) is 11.1. The molecule has 2 aliphatic heterocycles. The molecule has 9 nitrogen and oxygen atoms in total. The van der Waals surface area contributed by atoms with Gasteiger partial charge in [-0.3, -0.25) is 9.69 Å². The number of piperidine rings is 2. The molecule has 2 aromatic rings. The standard InChI is InChI=1S/C23H27N5O4S/c24-13-16-1-3-17(4-2-16)15-27-9-5-18(6-10-27)26-21(29)20-14-25-22(33-20)32-19-7-11-28(12-8-19)23(30)31/h1-4,14,18-19H,5-12,15H2,(H,26,29)(H,30,31). The average Bonchev–Trinajstić information content (AvgIpc) is 3.30. The van der Waals surface area contributed by atoms with Crippen molar-refractivity contribution >= 4 is 23.3 Å². The summed E-state index contributed by atoms with van der Waals surface area (Å²) in [5, 5.41) is 21.5. The third kappa shape index (κ3) is 6.21. The number of hydrogen-bond donors (Lipinski definition) is 2. The van der Waals surface area contributed by atoms with Crippen LogP contribution in [0, 0.1) is 11.3 Å². The first-order chi connectivity index (χ1) is 16.0. The Bertz CT molecular complexity index is 1000. The lowest BCUT2D eigenvalue weighted by molar-refractivity contribution is 0.0889. The minimum absolute atomic E-state index is 0.0805. The molecule has 0 atom stereocenters. The number of nitriles is 1. The van der Waals surface area contributed by atoms with Gasteiger partial charge in [-0.2, -0.15) is 5.26 Å². The van der Waals surface area contributed by atoms with Crippen LogP contribution in [0.15, 0.2) is 30.5 Å². The molecule has 33 heavy (non-hydrogen) atoms. The number of carbonyl (C=O) groups is 2. The van der Waals surface area contributed by atoms with Crippen molar-refractivity contribution in [3.63, 3.8) is 0 Å². The lowest BCUT2D eigenvalue weighted by atomic mass is 10.0. The molecule has 3 heterocycles. The Morgan fingerprint density at radius 1 is 1.15 bits per heavy atom. The Labute approximate surface area is 196 Å². The van der Waals surface area contributed by atoms with E-state index in [1.54, 1.807) is 6.20 Å². The van der Waals surface area contributed by atoms with Crippen molar-refractivity contribution in [2.45, 2.75) is 44.4 Å². The van der Waals surface area contributed by atoms with E-state index in [1.165, 1.54) is 21.8 Å². The smallest absolute Gasteiger partial charge is 0.407 e. The minimum Gasteiger partial charge on any atom is -0.467 e. The highest BCUT2D eigenvalue weighted by molar-refractivity contribution is 7.15. The largest absolute Gasteiger partial charge is 0.467 e. The first-order valence-corrected chi connectivity index (χ1v) is 11.9. The summed E-state index contributed by atoms with van der Waals surface area (Å²) in [6.07, 6.45) is 3.56. The van der Waals surface area contributed by atoms with Crippen molar-refractivity contribution in [3.05, 3.63) is 46.5 Å². The molecule has 2 saturated heterocycles. The van der Waals surface area contributed by atoms with Gasteiger partial charge in [0.15, 0.2) is 0 Å². The molecule has 2 amide bonds. The number of carboxylic acid groups (broad SMARTS) is 1. The Morgan fingerprint density at radius 3 is 2.48 bits per heavy atom. The summed E-state index contributed by atoms with van der Waals surface area (Å²) in [6.45, 7) is 3.53. The maximum atomic E-state index is 12.7. The predicted octanol–water partition coefficient (Wildman–Crippen LogP) is 2.93. The second-order valence-corrected chi connectivity index (χ2v) is 9.40. The van der Waals surface area contributed by atoms with Crippen molar-refractivity contribution in [2.24, 2.45) is 0 Å². The Hall–Kier alpha value is -3.16. The molecule has 2 N–H and O–H groups in total. The number of hydrogen-bond acceptors (Lipinski definition) is 7. The molecule has 2 fully saturated rings. The second kappa shape index (κ2) is 10.6. The number of aromatic nitrogens is 1. The molecule has 10 heteroatoms. The van der Waals surface area contributed by atoms with Gasteiger partial charge >= 0.3 is 6.09 Å². The molecule has 0 aliphatic carbocycles. The first kappa shape index (κ1) is 23.0. The van der Waals surface area contributed by atoms with Gasteiger partial charge in [0.2, 0.25) is 0 Å². The number of ether oxygens (including phenoxy) is 1. The number of carbonyl (C=O) groups excluding carboxylic acids is 1. The Balaban J connectivity index is 1.20. The van der Waals surface area contributed by atoms with E-state index in [2.05, 4.69) is 21.3 Å². The second-order valence-electron chi connectivity index (χ2n) is 8.41. The number of likely N-dealkylation sites (tertiary alicyclic amines) is 2. The van der Waals surface area contributed by atoms with E-state index in [9.17, 15) is 9.59 Å². The Morgan fingerprint density at radius 2 is 1.85 bits per heavy atom. The number of benzene rings is 1. The minimum atomic E-state index is -0.901. The molecule has 0 saturated carbocycles. The van der Waals surface area contributed by atoms with Crippen molar-refractivity contribution in [1.82, 2.24) is 20.1 Å². The van der Waals surface area contributed by atoms with Crippen molar-refractivity contribution < 1.29 is 19.4 Å². The lowest BCUT2D eigenvalue weighted by Crippen LogP contribution is -2.44. The van der Waals surface area contributed by atoms with Crippen molar-refractivity contribution in [3.8, 4) is 11.3 Å². The van der Waals surface area contributed by atoms with Crippen molar-refractivity contribution in [1.29, 1.82) is 5.26 Å². The van der Waals surface area contributed by atoms with Gasteiger partial charge in [0.25, 0.3) is 11.1 Å². The van der Waals surface area contributed by atoms with E-state index in [1.807, 2.05) is 24.3 Å². The van der Waals surface area contributed by atoms with Crippen LogP contribution in [0.4, 0.5) is 4.79 Å². The predicted molar refractivity (Wildman–Crippen MR) is 122 cm³/mol. The maximum absolute atomic E-state index is 12.7. The number of amides is 2. The molecule has 2 aliphatic rings. The number of rotatable bonds is 6. The molecule has 174 valence electrons. The fraction of sp³-hybridized carbons (Fsp3) is 0.478. The summed E-state index contributed by atoms with van der Waals surface area (Å²) < 4.78 is 5.87. The van der Waals surface area contributed by atoms with Crippen LogP contribution in [-0.2, 0) is 6.54 Å². The van der Waals surface area contributed by atoms with E-state index >= 15 is 0 Å². The van der Waals surface area contributed by atoms with Crippen LogP contribution in [-0.4, -0.2) is 70.2 Å². The summed E-state index contributed by atoms with van der Waals surface area (Å²) in [4.78, 5) is 32.2. The number of nitrogens with zero attached hydrogens (tertiary/aromatic N) is 4. The van der Waals surface area contributed by atoms with Gasteiger partial charge in [-0.05, 0) is 30.5 Å². The van der Waals surface area contributed by atoms with Gasteiger partial charge in [0.05, 0.1) is 17.8 Å². The van der Waals surface area contributed by atoms with E-state index in [0.29, 0.717) is 41.6 Å². The van der Waals surface area contributed by atoms with E-state index in [4.69, 9.17) is 15.1 Å². The zero-order valence-electron chi connectivity index (χ0n) is 18.3. The summed E-state index contributed by atoms with van der Waals surface area (Å²) >= 11 is 1.23. The van der Waals surface area contributed by atoms with Gasteiger partial charge in [0, 0.05) is 51.6 Å². The fourth-order valence-corrected chi connectivity index (χ4v) is 4.89. The summed E-state index contributed by atoms with van der Waals surface area (Å²) in [7, 11) is 0. The van der Waals surface area contributed by atoms with Crippen LogP contribution in [0.2, 0.25) is 0 Å². The molecule has 1 aromatic carbocycles. The highest BCUT2D eigenvalue weighted by Crippen LogP contribution is 2.25. The van der Waals surface area contributed by atoms with Gasteiger partial charge < -0.3 is 20.1 Å². The lowest BCUT2D eigenvalue weighted by Gasteiger charge is -2.32. The molecule has 0 radical (unpaired) electrons. The monoisotopic (exact) mass is 469 g/mol. The highest BCUT2D eigenvalue weighted by Gasteiger charge is 2.25. The number of nitrogens with one attached hydrogen (secondary N) is 1. The van der Waals surface area contributed by atoms with Crippen LogP contribution in [0.25, 0.3) is 0 Å². The van der Waals surface area contributed by atoms with Crippen molar-refractivity contribution in [2.75, 3.05) is 26.2 Å². The van der Waals surface area contributed by atoms with Crippen LogP contribution < -0.4 is 10.1 Å². The molecule has 4 rings (SSSR count). The number of thiazole rings is 1. The van der Waals surface area contributed by atoms with Crippen LogP contribution >= 0.6 is 11.3 Å². The molecule has 0 unspecified atom stereocenters. The van der Waals surface area contributed by atoms with Gasteiger partial charge in [-0.1, -0.05) is 23.5 Å².